The molecule has 0 heterocycles. The van der Waals surface area contributed by atoms with E-state index in [0.29, 0.717) is 0 Å². The van der Waals surface area contributed by atoms with Gasteiger partial charge in [0.05, 0.1) is 0 Å². The molecule has 0 aromatic heterocycles. The van der Waals surface area contributed by atoms with E-state index in [1.165, 1.54) is 5.56 Å². The standard InChI is InChI=1S/C11H16BrNO/c1-8(7-14)6-13-10-5-3-4-9(2)11(10)12/h3-5,8,13-14H,6-7H2,1-2H3. The van der Waals surface area contributed by atoms with Crippen LogP contribution in [0.3, 0.4) is 0 Å². The minimum atomic E-state index is 0.219. The molecule has 0 fully saturated rings. The average molecular weight is 258 g/mol. The van der Waals surface area contributed by atoms with E-state index in [2.05, 4.69) is 34.2 Å². The Balaban J connectivity index is 2.63. The Morgan fingerprint density at radius 3 is 2.86 bits per heavy atom. The Bertz CT molecular complexity index is 301. The van der Waals surface area contributed by atoms with Gasteiger partial charge in [-0.25, -0.2) is 0 Å². The Morgan fingerprint density at radius 2 is 2.21 bits per heavy atom. The first-order valence-electron chi connectivity index (χ1n) is 4.75. The van der Waals surface area contributed by atoms with E-state index in [-0.39, 0.29) is 12.5 Å². The summed E-state index contributed by atoms with van der Waals surface area (Å²) >= 11 is 3.53. The van der Waals surface area contributed by atoms with Crippen LogP contribution < -0.4 is 5.32 Å². The second-order valence-corrected chi connectivity index (χ2v) is 4.40. The van der Waals surface area contributed by atoms with E-state index >= 15 is 0 Å². The fraction of sp³-hybridized carbons (Fsp3) is 0.455. The molecule has 78 valence electrons. The van der Waals surface area contributed by atoms with Gasteiger partial charge in [-0.1, -0.05) is 19.1 Å². The highest BCUT2D eigenvalue weighted by Crippen LogP contribution is 2.25. The first-order valence-corrected chi connectivity index (χ1v) is 5.54. The summed E-state index contributed by atoms with van der Waals surface area (Å²) in [7, 11) is 0. The highest BCUT2D eigenvalue weighted by atomic mass is 79.9. The van der Waals surface area contributed by atoms with Gasteiger partial charge in [-0.15, -0.1) is 0 Å². The van der Waals surface area contributed by atoms with Crippen LogP contribution in [0.4, 0.5) is 5.69 Å². The number of aryl methyl sites for hydroxylation is 1. The summed E-state index contributed by atoms with van der Waals surface area (Å²) < 4.78 is 1.10. The first-order chi connectivity index (χ1) is 6.65. The molecule has 1 aromatic carbocycles. The Kier molecular flexibility index (Phi) is 4.42. The van der Waals surface area contributed by atoms with Gasteiger partial charge in [-0.05, 0) is 40.4 Å². The first kappa shape index (κ1) is 11.5. The maximum Gasteiger partial charge on any atom is 0.0487 e. The van der Waals surface area contributed by atoms with Gasteiger partial charge < -0.3 is 10.4 Å². The molecule has 0 bridgehead atoms. The number of aliphatic hydroxyl groups is 1. The lowest BCUT2D eigenvalue weighted by Gasteiger charge is -2.13. The van der Waals surface area contributed by atoms with Crippen molar-refractivity contribution in [1.29, 1.82) is 0 Å². The number of aliphatic hydroxyl groups excluding tert-OH is 1. The van der Waals surface area contributed by atoms with Gasteiger partial charge in [-0.3, -0.25) is 0 Å². The third-order valence-corrected chi connectivity index (χ3v) is 3.20. The molecule has 0 saturated heterocycles. The van der Waals surface area contributed by atoms with E-state index in [9.17, 15) is 0 Å². The Hall–Kier alpha value is -0.540. The minimum Gasteiger partial charge on any atom is -0.396 e. The molecule has 2 nitrogen and oxygen atoms in total. The fourth-order valence-corrected chi connectivity index (χ4v) is 1.54. The second kappa shape index (κ2) is 5.37. The minimum absolute atomic E-state index is 0.219. The van der Waals surface area contributed by atoms with Gasteiger partial charge in [0.1, 0.15) is 0 Å². The van der Waals surface area contributed by atoms with Crippen molar-refractivity contribution in [3.05, 3.63) is 28.2 Å². The zero-order valence-electron chi connectivity index (χ0n) is 8.55. The molecule has 1 aromatic rings. The number of anilines is 1. The van der Waals surface area contributed by atoms with Crippen LogP contribution in [0.15, 0.2) is 22.7 Å². The third kappa shape index (κ3) is 3.00. The Morgan fingerprint density at radius 1 is 1.50 bits per heavy atom. The van der Waals surface area contributed by atoms with Gasteiger partial charge in [0, 0.05) is 23.3 Å². The lowest BCUT2D eigenvalue weighted by atomic mass is 10.2. The van der Waals surface area contributed by atoms with Gasteiger partial charge in [-0.2, -0.15) is 0 Å². The maximum absolute atomic E-state index is 8.88. The van der Waals surface area contributed by atoms with Crippen molar-refractivity contribution in [2.75, 3.05) is 18.5 Å². The van der Waals surface area contributed by atoms with Crippen molar-refractivity contribution >= 4 is 21.6 Å². The molecule has 0 aliphatic heterocycles. The van der Waals surface area contributed by atoms with Gasteiger partial charge in [0.2, 0.25) is 0 Å². The number of halogens is 1. The quantitative estimate of drug-likeness (QED) is 0.870. The van der Waals surface area contributed by atoms with Crippen LogP contribution in [0.2, 0.25) is 0 Å². The molecule has 2 N–H and O–H groups in total. The number of benzene rings is 1. The van der Waals surface area contributed by atoms with E-state index in [4.69, 9.17) is 5.11 Å². The van der Waals surface area contributed by atoms with Crippen LogP contribution in [-0.2, 0) is 0 Å². The zero-order chi connectivity index (χ0) is 10.6. The molecule has 0 spiro atoms. The van der Waals surface area contributed by atoms with E-state index < -0.39 is 0 Å². The smallest absolute Gasteiger partial charge is 0.0487 e. The molecule has 1 unspecified atom stereocenters. The van der Waals surface area contributed by atoms with Crippen LogP contribution in [0.5, 0.6) is 0 Å². The molecule has 1 rings (SSSR count). The molecule has 0 aliphatic rings. The molecule has 3 heteroatoms. The van der Waals surface area contributed by atoms with Crippen LogP contribution in [-0.4, -0.2) is 18.3 Å². The molecule has 1 atom stereocenters. The normalized spacial score (nSPS) is 12.6. The number of nitrogens with one attached hydrogen (secondary N) is 1. The van der Waals surface area contributed by atoms with Crippen molar-refractivity contribution in [1.82, 2.24) is 0 Å². The van der Waals surface area contributed by atoms with Crippen molar-refractivity contribution in [3.63, 3.8) is 0 Å². The predicted molar refractivity (Wildman–Crippen MR) is 63.6 cm³/mol. The van der Waals surface area contributed by atoms with Crippen LogP contribution in [0.1, 0.15) is 12.5 Å². The second-order valence-electron chi connectivity index (χ2n) is 3.61. The molecular weight excluding hydrogens is 242 g/mol. The van der Waals surface area contributed by atoms with E-state index in [1.54, 1.807) is 0 Å². The number of hydrogen-bond donors (Lipinski definition) is 2. The molecule has 14 heavy (non-hydrogen) atoms. The molecule has 0 radical (unpaired) electrons. The van der Waals surface area contributed by atoms with Gasteiger partial charge in [0.15, 0.2) is 0 Å². The monoisotopic (exact) mass is 257 g/mol. The summed E-state index contributed by atoms with van der Waals surface area (Å²) in [6, 6.07) is 6.11. The summed E-state index contributed by atoms with van der Waals surface area (Å²) in [5.41, 5.74) is 2.30. The van der Waals surface area contributed by atoms with Gasteiger partial charge >= 0.3 is 0 Å². The van der Waals surface area contributed by atoms with Crippen molar-refractivity contribution < 1.29 is 5.11 Å². The zero-order valence-corrected chi connectivity index (χ0v) is 10.1. The molecule has 0 saturated carbocycles. The SMILES string of the molecule is Cc1cccc(NCC(C)CO)c1Br. The number of rotatable bonds is 4. The van der Waals surface area contributed by atoms with E-state index in [0.717, 1.165) is 16.7 Å². The summed E-state index contributed by atoms with van der Waals surface area (Å²) in [6.07, 6.45) is 0. The van der Waals surface area contributed by atoms with Crippen molar-refractivity contribution in [2.24, 2.45) is 5.92 Å². The van der Waals surface area contributed by atoms with E-state index in [1.807, 2.05) is 19.1 Å². The van der Waals surface area contributed by atoms with Gasteiger partial charge in [0.25, 0.3) is 0 Å². The third-order valence-electron chi connectivity index (χ3n) is 2.14. The number of hydrogen-bond acceptors (Lipinski definition) is 2. The van der Waals surface area contributed by atoms with Crippen LogP contribution in [0.25, 0.3) is 0 Å². The summed E-state index contributed by atoms with van der Waals surface area (Å²) in [5.74, 6) is 0.280. The summed E-state index contributed by atoms with van der Waals surface area (Å²) in [6.45, 7) is 5.08. The Labute approximate surface area is 93.5 Å². The maximum atomic E-state index is 8.88. The fourth-order valence-electron chi connectivity index (χ4n) is 1.13. The lowest BCUT2D eigenvalue weighted by Crippen LogP contribution is -2.14. The lowest BCUT2D eigenvalue weighted by molar-refractivity contribution is 0.244. The molecule has 0 amide bonds. The predicted octanol–water partition coefficient (Wildman–Crippen LogP) is 2.80. The van der Waals surface area contributed by atoms with Crippen molar-refractivity contribution in [3.8, 4) is 0 Å². The molecular formula is C11H16BrNO. The molecule has 0 aliphatic carbocycles. The highest BCUT2D eigenvalue weighted by Gasteiger charge is 2.03. The average Bonchev–Trinajstić information content (AvgIpc) is 2.20. The van der Waals surface area contributed by atoms with Crippen molar-refractivity contribution in [2.45, 2.75) is 13.8 Å². The summed E-state index contributed by atoms with van der Waals surface area (Å²) in [4.78, 5) is 0. The largest absolute Gasteiger partial charge is 0.396 e. The topological polar surface area (TPSA) is 32.3 Å². The highest BCUT2D eigenvalue weighted by molar-refractivity contribution is 9.10. The van der Waals surface area contributed by atoms with Crippen LogP contribution >= 0.6 is 15.9 Å². The van der Waals surface area contributed by atoms with Crippen LogP contribution in [0, 0.1) is 12.8 Å². The summed E-state index contributed by atoms with van der Waals surface area (Å²) in [5, 5.41) is 12.2.